The topological polar surface area (TPSA) is 83.5 Å². The molecule has 1 aromatic carbocycles. The van der Waals surface area contributed by atoms with Gasteiger partial charge in [0.15, 0.2) is 0 Å². The fraction of sp³-hybridized carbons (Fsp3) is 0.222. The third kappa shape index (κ3) is 3.34. The van der Waals surface area contributed by atoms with Crippen molar-refractivity contribution in [2.45, 2.75) is 18.2 Å². The lowest BCUT2D eigenvalue weighted by Gasteiger charge is -2.07. The molecule has 15 heavy (non-hydrogen) atoms. The van der Waals surface area contributed by atoms with Crippen molar-refractivity contribution in [3.63, 3.8) is 0 Å². The first-order valence-electron chi connectivity index (χ1n) is 4.20. The minimum atomic E-state index is -4.44. The molecule has 82 valence electrons. The Morgan fingerprint density at radius 2 is 1.87 bits per heavy atom. The molecule has 0 unspecified atom stereocenters. The Kier molecular flexibility index (Phi) is 3.43. The average Bonchev–Trinajstić information content (AvgIpc) is 2.17. The summed E-state index contributed by atoms with van der Waals surface area (Å²) in [6, 6.07) is 4.72. The Hall–Kier alpha value is -1.40. The molecule has 0 aliphatic rings. The zero-order chi connectivity index (χ0) is 11.5. The van der Waals surface area contributed by atoms with Gasteiger partial charge in [0.05, 0.1) is 4.90 Å². The summed E-state index contributed by atoms with van der Waals surface area (Å²) in [5, 5.41) is 0. The van der Waals surface area contributed by atoms with Crippen LogP contribution in [0.5, 0.6) is 5.75 Å². The number of ether oxygens (including phenoxy) is 1. The maximum absolute atomic E-state index is 10.9. The van der Waals surface area contributed by atoms with E-state index in [1.54, 1.807) is 6.92 Å². The zero-order valence-corrected chi connectivity index (χ0v) is 8.78. The standard InChI is InChI=1S/C9H10O5S/c1-2-9(10)14-7-3-5-8(6-4-7)15(11,12)13/h3-6H,2H2,1H3,(H,11,12,13)/p-1. The fourth-order valence-electron chi connectivity index (χ4n) is 0.878. The lowest BCUT2D eigenvalue weighted by atomic mass is 10.3. The molecule has 0 atom stereocenters. The van der Waals surface area contributed by atoms with Crippen molar-refractivity contribution < 1.29 is 22.5 Å². The van der Waals surface area contributed by atoms with E-state index >= 15 is 0 Å². The van der Waals surface area contributed by atoms with Gasteiger partial charge in [0.25, 0.3) is 0 Å². The van der Waals surface area contributed by atoms with Crippen LogP contribution in [0.25, 0.3) is 0 Å². The van der Waals surface area contributed by atoms with Crippen LogP contribution in [-0.4, -0.2) is 18.9 Å². The zero-order valence-electron chi connectivity index (χ0n) is 7.97. The molecule has 0 saturated heterocycles. The van der Waals surface area contributed by atoms with Gasteiger partial charge >= 0.3 is 5.97 Å². The predicted molar refractivity (Wildman–Crippen MR) is 50.3 cm³/mol. The van der Waals surface area contributed by atoms with E-state index in [-0.39, 0.29) is 17.1 Å². The third-order valence-electron chi connectivity index (χ3n) is 1.63. The lowest BCUT2D eigenvalue weighted by Crippen LogP contribution is -2.05. The minimum absolute atomic E-state index is 0.217. The van der Waals surface area contributed by atoms with E-state index in [0.717, 1.165) is 12.1 Å². The van der Waals surface area contributed by atoms with Crippen molar-refractivity contribution in [1.29, 1.82) is 0 Å². The van der Waals surface area contributed by atoms with Crippen LogP contribution in [0.1, 0.15) is 13.3 Å². The largest absolute Gasteiger partial charge is 0.744 e. The minimum Gasteiger partial charge on any atom is -0.744 e. The molecule has 1 aromatic rings. The smallest absolute Gasteiger partial charge is 0.310 e. The van der Waals surface area contributed by atoms with Crippen molar-refractivity contribution in [2.75, 3.05) is 0 Å². The van der Waals surface area contributed by atoms with Gasteiger partial charge in [-0.15, -0.1) is 0 Å². The highest BCUT2D eigenvalue weighted by atomic mass is 32.2. The third-order valence-corrected chi connectivity index (χ3v) is 2.48. The maximum atomic E-state index is 10.9. The summed E-state index contributed by atoms with van der Waals surface area (Å²) in [6.45, 7) is 1.64. The van der Waals surface area contributed by atoms with E-state index in [9.17, 15) is 17.8 Å². The van der Waals surface area contributed by atoms with Gasteiger partial charge in [-0.1, -0.05) is 6.92 Å². The molecule has 0 N–H and O–H groups in total. The highest BCUT2D eigenvalue weighted by molar-refractivity contribution is 7.85. The molecule has 0 heterocycles. The van der Waals surface area contributed by atoms with Crippen LogP contribution >= 0.6 is 0 Å². The van der Waals surface area contributed by atoms with Gasteiger partial charge in [0, 0.05) is 6.42 Å². The van der Waals surface area contributed by atoms with Crippen LogP contribution in [-0.2, 0) is 14.9 Å². The van der Waals surface area contributed by atoms with Crippen LogP contribution in [0.15, 0.2) is 29.2 Å². The second-order valence-corrected chi connectivity index (χ2v) is 4.13. The molecule has 6 heteroatoms. The predicted octanol–water partition coefficient (Wildman–Crippen LogP) is 0.906. The quantitative estimate of drug-likeness (QED) is 0.437. The van der Waals surface area contributed by atoms with E-state index in [4.69, 9.17) is 4.74 Å². The number of esters is 1. The fourth-order valence-corrected chi connectivity index (χ4v) is 1.35. The Bertz CT molecular complexity index is 446. The summed E-state index contributed by atoms with van der Waals surface area (Å²) < 4.78 is 36.5. The molecule has 0 spiro atoms. The SMILES string of the molecule is CCC(=O)Oc1ccc(S(=O)(=O)[O-])cc1. The van der Waals surface area contributed by atoms with Crippen molar-refractivity contribution >= 4 is 16.1 Å². The van der Waals surface area contributed by atoms with Crippen LogP contribution in [0.3, 0.4) is 0 Å². The molecule has 0 fully saturated rings. The Morgan fingerprint density at radius 3 is 2.27 bits per heavy atom. The second-order valence-electron chi connectivity index (χ2n) is 2.75. The van der Waals surface area contributed by atoms with Crippen LogP contribution < -0.4 is 4.74 Å². The number of hydrogen-bond donors (Lipinski definition) is 0. The number of carbonyl (C=O) groups is 1. The molecular weight excluding hydrogens is 220 g/mol. The summed E-state index contributed by atoms with van der Waals surface area (Å²) in [6.07, 6.45) is 0.224. The maximum Gasteiger partial charge on any atom is 0.310 e. The monoisotopic (exact) mass is 229 g/mol. The summed E-state index contributed by atoms with van der Waals surface area (Å²) >= 11 is 0. The van der Waals surface area contributed by atoms with Gasteiger partial charge in [0.1, 0.15) is 15.9 Å². The van der Waals surface area contributed by atoms with E-state index in [2.05, 4.69) is 0 Å². The van der Waals surface area contributed by atoms with Gasteiger partial charge in [-0.05, 0) is 24.3 Å². The summed E-state index contributed by atoms with van der Waals surface area (Å²) in [4.78, 5) is 10.5. The van der Waals surface area contributed by atoms with Crippen molar-refractivity contribution in [2.24, 2.45) is 0 Å². The molecule has 0 bridgehead atoms. The highest BCUT2D eigenvalue weighted by Gasteiger charge is 2.04. The van der Waals surface area contributed by atoms with Gasteiger partial charge in [-0.25, -0.2) is 8.42 Å². The first-order chi connectivity index (χ1) is 6.93. The number of rotatable bonds is 3. The van der Waals surface area contributed by atoms with Gasteiger partial charge in [-0.2, -0.15) is 0 Å². The first kappa shape index (κ1) is 11.7. The molecule has 0 aromatic heterocycles. The number of hydrogen-bond acceptors (Lipinski definition) is 5. The van der Waals surface area contributed by atoms with Crippen LogP contribution in [0.2, 0.25) is 0 Å². The lowest BCUT2D eigenvalue weighted by molar-refractivity contribution is -0.134. The summed E-state index contributed by atoms with van der Waals surface area (Å²) in [7, 11) is -4.44. The summed E-state index contributed by atoms with van der Waals surface area (Å²) in [5.41, 5.74) is 0. The summed E-state index contributed by atoms with van der Waals surface area (Å²) in [5.74, 6) is -0.206. The molecule has 0 aliphatic carbocycles. The molecule has 5 nitrogen and oxygen atoms in total. The van der Waals surface area contributed by atoms with E-state index in [0.29, 0.717) is 0 Å². The van der Waals surface area contributed by atoms with E-state index in [1.807, 2.05) is 0 Å². The molecule has 0 radical (unpaired) electrons. The van der Waals surface area contributed by atoms with Crippen LogP contribution in [0, 0.1) is 0 Å². The molecule has 1 rings (SSSR count). The number of carbonyl (C=O) groups excluding carboxylic acids is 1. The number of benzene rings is 1. The Labute approximate surface area is 87.4 Å². The van der Waals surface area contributed by atoms with Gasteiger partial charge in [-0.3, -0.25) is 4.79 Å². The average molecular weight is 229 g/mol. The normalized spacial score (nSPS) is 11.1. The van der Waals surface area contributed by atoms with Crippen molar-refractivity contribution in [3.8, 4) is 5.75 Å². The molecule has 0 saturated carbocycles. The van der Waals surface area contributed by atoms with Crippen molar-refractivity contribution in [1.82, 2.24) is 0 Å². The Morgan fingerprint density at radius 1 is 1.33 bits per heavy atom. The van der Waals surface area contributed by atoms with Crippen molar-refractivity contribution in [3.05, 3.63) is 24.3 Å². The Balaban J connectivity index is 2.86. The van der Waals surface area contributed by atoms with E-state index in [1.165, 1.54) is 12.1 Å². The van der Waals surface area contributed by atoms with Crippen LogP contribution in [0.4, 0.5) is 0 Å². The molecule has 0 amide bonds. The van der Waals surface area contributed by atoms with Gasteiger partial charge < -0.3 is 9.29 Å². The van der Waals surface area contributed by atoms with E-state index < -0.39 is 16.1 Å². The van der Waals surface area contributed by atoms with Gasteiger partial charge in [0.2, 0.25) is 0 Å². The second kappa shape index (κ2) is 4.41. The first-order valence-corrected chi connectivity index (χ1v) is 5.61. The molecular formula is C9H9O5S-. The molecule has 0 aliphatic heterocycles. The highest BCUT2D eigenvalue weighted by Crippen LogP contribution is 2.15.